The van der Waals surface area contributed by atoms with Crippen LogP contribution < -0.4 is 5.56 Å². The van der Waals surface area contributed by atoms with Crippen LogP contribution in [0, 0.1) is 13.8 Å². The smallest absolute Gasteiger partial charge is 0.261 e. The number of nitrogens with zero attached hydrogens (tertiary/aromatic N) is 3. The van der Waals surface area contributed by atoms with E-state index in [-0.39, 0.29) is 17.1 Å². The highest BCUT2D eigenvalue weighted by Crippen LogP contribution is 2.24. The summed E-state index contributed by atoms with van der Waals surface area (Å²) in [7, 11) is 1.70. The van der Waals surface area contributed by atoms with Gasteiger partial charge >= 0.3 is 0 Å². The maximum atomic E-state index is 12.9. The van der Waals surface area contributed by atoms with Gasteiger partial charge in [0.25, 0.3) is 5.56 Å². The fraction of sp³-hybridized carbons (Fsp3) is 0.208. The van der Waals surface area contributed by atoms with E-state index in [2.05, 4.69) is 16.1 Å². The van der Waals surface area contributed by atoms with E-state index in [4.69, 9.17) is 0 Å². The Kier molecular flexibility index (Phi) is 5.35. The summed E-state index contributed by atoms with van der Waals surface area (Å²) >= 11 is 1.29. The Morgan fingerprint density at radius 2 is 1.87 bits per heavy atom. The lowest BCUT2D eigenvalue weighted by Gasteiger charge is -2.10. The second-order valence-corrected chi connectivity index (χ2v) is 8.31. The molecule has 0 spiro atoms. The van der Waals surface area contributed by atoms with E-state index < -0.39 is 0 Å². The molecule has 0 aliphatic carbocycles. The van der Waals surface area contributed by atoms with Gasteiger partial charge < -0.3 is 4.57 Å². The van der Waals surface area contributed by atoms with Crippen molar-refractivity contribution in [1.29, 1.82) is 0 Å². The number of thioether (sulfide) groups is 1. The van der Waals surface area contributed by atoms with Crippen LogP contribution in [-0.2, 0) is 13.6 Å². The normalized spacial score (nSPS) is 11.3. The fourth-order valence-corrected chi connectivity index (χ4v) is 4.62. The molecule has 0 saturated heterocycles. The van der Waals surface area contributed by atoms with E-state index >= 15 is 0 Å². The van der Waals surface area contributed by atoms with Gasteiger partial charge in [0.05, 0.1) is 16.7 Å². The van der Waals surface area contributed by atoms with Crippen LogP contribution in [0.3, 0.4) is 0 Å². The SMILES string of the molecule is C=CCn1c(C)cc(C(=O)CSc2nc3cc4ccccc4cc3c(=O)n2C)c1C. The molecule has 152 valence electrons. The molecule has 30 heavy (non-hydrogen) atoms. The van der Waals surface area contributed by atoms with Crippen molar-refractivity contribution in [2.75, 3.05) is 5.75 Å². The number of benzene rings is 2. The van der Waals surface area contributed by atoms with Crippen LogP contribution in [0.2, 0.25) is 0 Å². The van der Waals surface area contributed by atoms with Crippen molar-refractivity contribution in [2.45, 2.75) is 25.5 Å². The minimum Gasteiger partial charge on any atom is -0.345 e. The van der Waals surface area contributed by atoms with Crippen molar-refractivity contribution in [2.24, 2.45) is 7.05 Å². The van der Waals surface area contributed by atoms with Crippen LogP contribution in [0.4, 0.5) is 0 Å². The Labute approximate surface area is 179 Å². The molecule has 0 fully saturated rings. The third kappa shape index (κ3) is 3.48. The topological polar surface area (TPSA) is 56.9 Å². The Morgan fingerprint density at radius 3 is 2.57 bits per heavy atom. The van der Waals surface area contributed by atoms with Gasteiger partial charge in [-0.05, 0) is 42.8 Å². The number of hydrogen-bond acceptors (Lipinski definition) is 4. The van der Waals surface area contributed by atoms with Crippen molar-refractivity contribution in [3.05, 3.63) is 82.4 Å². The number of carbonyl (C=O) groups excluding carboxylic acids is 1. The quantitative estimate of drug-likeness (QED) is 0.150. The molecule has 0 radical (unpaired) electrons. The summed E-state index contributed by atoms with van der Waals surface area (Å²) in [5.74, 6) is 0.244. The zero-order chi connectivity index (χ0) is 21.4. The van der Waals surface area contributed by atoms with Gasteiger partial charge in [-0.15, -0.1) is 6.58 Å². The lowest BCUT2D eigenvalue weighted by Crippen LogP contribution is -2.20. The zero-order valence-corrected chi connectivity index (χ0v) is 18.1. The molecule has 0 aliphatic heterocycles. The van der Waals surface area contributed by atoms with E-state index in [1.54, 1.807) is 7.05 Å². The average molecular weight is 418 g/mol. The predicted octanol–water partition coefficient (Wildman–Crippen LogP) is 4.67. The Bertz CT molecular complexity index is 1360. The Hall–Kier alpha value is -3.12. The molecule has 0 atom stereocenters. The lowest BCUT2D eigenvalue weighted by atomic mass is 10.1. The number of aromatic nitrogens is 3. The van der Waals surface area contributed by atoms with Crippen molar-refractivity contribution in [3.63, 3.8) is 0 Å². The summed E-state index contributed by atoms with van der Waals surface area (Å²) in [5.41, 5.74) is 3.22. The first-order valence-electron chi connectivity index (χ1n) is 9.74. The Morgan fingerprint density at radius 1 is 1.17 bits per heavy atom. The largest absolute Gasteiger partial charge is 0.345 e. The van der Waals surface area contributed by atoms with Crippen molar-refractivity contribution in [1.82, 2.24) is 14.1 Å². The third-order valence-electron chi connectivity index (χ3n) is 5.42. The standard InChI is InChI=1S/C24H23N3O2S/c1-5-10-27-15(2)11-19(16(27)3)22(28)14-30-24-25-21-13-18-9-7-6-8-17(18)12-20(21)23(29)26(24)4/h5-9,11-13H,1,10,14H2,2-4H3. The number of aryl methyl sites for hydroxylation is 1. The van der Waals surface area contributed by atoms with Gasteiger partial charge in [0.1, 0.15) is 0 Å². The first-order chi connectivity index (χ1) is 14.4. The van der Waals surface area contributed by atoms with Gasteiger partial charge in [-0.2, -0.15) is 0 Å². The molecular formula is C24H23N3O2S. The molecule has 0 saturated carbocycles. The first kappa shape index (κ1) is 20.2. The van der Waals surface area contributed by atoms with E-state index in [1.165, 1.54) is 16.3 Å². The van der Waals surface area contributed by atoms with Gasteiger partial charge in [-0.1, -0.05) is 42.1 Å². The van der Waals surface area contributed by atoms with E-state index in [0.717, 1.165) is 22.2 Å². The highest BCUT2D eigenvalue weighted by Gasteiger charge is 2.17. The highest BCUT2D eigenvalue weighted by molar-refractivity contribution is 7.99. The maximum Gasteiger partial charge on any atom is 0.261 e. The number of hydrogen-bond donors (Lipinski definition) is 0. The van der Waals surface area contributed by atoms with Crippen molar-refractivity contribution < 1.29 is 4.79 Å². The van der Waals surface area contributed by atoms with Gasteiger partial charge in [-0.3, -0.25) is 14.2 Å². The molecule has 0 N–H and O–H groups in total. The first-order valence-corrected chi connectivity index (χ1v) is 10.7. The van der Waals surface area contributed by atoms with Gasteiger partial charge in [-0.25, -0.2) is 4.98 Å². The molecular weight excluding hydrogens is 394 g/mol. The van der Waals surface area contributed by atoms with Crippen molar-refractivity contribution in [3.8, 4) is 0 Å². The fourth-order valence-electron chi connectivity index (χ4n) is 3.77. The molecule has 0 unspecified atom stereocenters. The third-order valence-corrected chi connectivity index (χ3v) is 6.45. The van der Waals surface area contributed by atoms with Crippen molar-refractivity contribution >= 4 is 39.2 Å². The summed E-state index contributed by atoms with van der Waals surface area (Å²) in [5, 5.41) is 3.16. The number of ketones is 1. The van der Waals surface area contributed by atoms with E-state index in [0.29, 0.717) is 28.2 Å². The van der Waals surface area contributed by atoms with Crippen LogP contribution in [0.1, 0.15) is 21.7 Å². The summed E-state index contributed by atoms with van der Waals surface area (Å²) in [6.45, 7) is 8.39. The summed E-state index contributed by atoms with van der Waals surface area (Å²) in [4.78, 5) is 30.4. The minimum atomic E-state index is -0.107. The van der Waals surface area contributed by atoms with Gasteiger partial charge in [0, 0.05) is 30.5 Å². The zero-order valence-electron chi connectivity index (χ0n) is 17.3. The predicted molar refractivity (Wildman–Crippen MR) is 124 cm³/mol. The number of allylic oxidation sites excluding steroid dienone is 1. The number of fused-ring (bicyclic) bond motifs is 2. The van der Waals surface area contributed by atoms with Crippen LogP contribution in [0.25, 0.3) is 21.7 Å². The summed E-state index contributed by atoms with van der Waals surface area (Å²) in [6, 6.07) is 13.6. The second kappa shape index (κ2) is 7.95. The molecule has 2 aromatic heterocycles. The molecule has 2 heterocycles. The van der Waals surface area contributed by atoms with Crippen LogP contribution >= 0.6 is 11.8 Å². The minimum absolute atomic E-state index is 0.0243. The highest BCUT2D eigenvalue weighted by atomic mass is 32.2. The number of rotatable bonds is 6. The summed E-state index contributed by atoms with van der Waals surface area (Å²) < 4.78 is 3.59. The number of Topliss-reactive ketones (excluding diaryl/α,β-unsaturated/α-hetero) is 1. The number of carbonyl (C=O) groups is 1. The molecule has 2 aromatic carbocycles. The molecule has 6 heteroatoms. The Balaban J connectivity index is 1.66. The average Bonchev–Trinajstić information content (AvgIpc) is 3.02. The molecule has 5 nitrogen and oxygen atoms in total. The van der Waals surface area contributed by atoms with E-state index in [9.17, 15) is 9.59 Å². The van der Waals surface area contributed by atoms with Gasteiger partial charge in [0.2, 0.25) is 0 Å². The monoisotopic (exact) mass is 417 g/mol. The van der Waals surface area contributed by atoms with E-state index in [1.807, 2.05) is 62.4 Å². The molecule has 4 aromatic rings. The van der Waals surface area contributed by atoms with Crippen LogP contribution in [-0.4, -0.2) is 25.7 Å². The molecule has 0 amide bonds. The molecule has 0 aliphatic rings. The maximum absolute atomic E-state index is 12.9. The van der Waals surface area contributed by atoms with Gasteiger partial charge in [0.15, 0.2) is 10.9 Å². The summed E-state index contributed by atoms with van der Waals surface area (Å²) in [6.07, 6.45) is 1.82. The molecule has 0 bridgehead atoms. The molecule has 4 rings (SSSR count). The lowest BCUT2D eigenvalue weighted by molar-refractivity contribution is 0.102. The van der Waals surface area contributed by atoms with Crippen LogP contribution in [0.15, 0.2) is 65.1 Å². The van der Waals surface area contributed by atoms with Crippen LogP contribution in [0.5, 0.6) is 0 Å². The second-order valence-electron chi connectivity index (χ2n) is 7.37.